The third-order valence-electron chi connectivity index (χ3n) is 1.95. The molecule has 0 spiro atoms. The second-order valence-corrected chi connectivity index (χ2v) is 3.53. The number of anilines is 1. The number of aryl methyl sites for hydroxylation is 1. The van der Waals surface area contributed by atoms with Crippen molar-refractivity contribution in [1.29, 1.82) is 0 Å². The molecule has 0 aliphatic carbocycles. The maximum absolute atomic E-state index is 11.1. The minimum Gasteiger partial charge on any atom is -0.495 e. The van der Waals surface area contributed by atoms with Crippen molar-refractivity contribution in [3.8, 4) is 5.75 Å². The minimum absolute atomic E-state index is 0.307. The van der Waals surface area contributed by atoms with Gasteiger partial charge in [0, 0.05) is 5.02 Å². The maximum Gasteiger partial charge on any atom is 0.313 e. The lowest BCUT2D eigenvalue weighted by atomic mass is 10.2. The Morgan fingerprint density at radius 2 is 2.06 bits per heavy atom. The van der Waals surface area contributed by atoms with E-state index in [2.05, 4.69) is 5.32 Å². The number of halogens is 1. The quantitative estimate of drug-likeness (QED) is 0.762. The van der Waals surface area contributed by atoms with Crippen LogP contribution in [0.3, 0.4) is 0 Å². The first kappa shape index (κ1) is 12.3. The van der Waals surface area contributed by atoms with Crippen LogP contribution in [0.25, 0.3) is 0 Å². The number of methoxy groups -OCH3 is 1. The summed E-state index contributed by atoms with van der Waals surface area (Å²) in [5.74, 6) is -1.58. The highest BCUT2D eigenvalue weighted by atomic mass is 35.5. The van der Waals surface area contributed by atoms with Crippen molar-refractivity contribution < 1.29 is 14.3 Å². The Labute approximate surface area is 97.5 Å². The standard InChI is InChI=1S/C10H11ClN2O3/c1-5-3-8(16-2)7(4-6(5)11)13-10(15)9(12)14/h3-4H,1-2H3,(H2,12,14)(H,13,15). The number of primary amides is 1. The molecule has 6 heteroatoms. The summed E-state index contributed by atoms with van der Waals surface area (Å²) in [6.45, 7) is 1.80. The van der Waals surface area contributed by atoms with Crippen molar-refractivity contribution in [3.63, 3.8) is 0 Å². The highest BCUT2D eigenvalue weighted by Crippen LogP contribution is 2.30. The molecule has 0 aromatic heterocycles. The molecule has 0 fully saturated rings. The number of nitrogens with one attached hydrogen (secondary N) is 1. The van der Waals surface area contributed by atoms with Crippen LogP contribution in [0.2, 0.25) is 5.02 Å². The molecule has 1 aromatic rings. The Kier molecular flexibility index (Phi) is 3.73. The summed E-state index contributed by atoms with van der Waals surface area (Å²) in [5, 5.41) is 2.76. The number of nitrogens with two attached hydrogens (primary N) is 1. The SMILES string of the molecule is COc1cc(C)c(Cl)cc1NC(=O)C(N)=O. The van der Waals surface area contributed by atoms with Gasteiger partial charge in [-0.1, -0.05) is 11.6 Å². The smallest absolute Gasteiger partial charge is 0.313 e. The van der Waals surface area contributed by atoms with Gasteiger partial charge in [0.25, 0.3) is 0 Å². The molecule has 0 aliphatic rings. The van der Waals surface area contributed by atoms with Crippen molar-refractivity contribution >= 4 is 29.1 Å². The van der Waals surface area contributed by atoms with E-state index in [0.29, 0.717) is 16.5 Å². The van der Waals surface area contributed by atoms with E-state index in [9.17, 15) is 9.59 Å². The fourth-order valence-corrected chi connectivity index (χ4v) is 1.27. The number of benzene rings is 1. The molecule has 2 amide bonds. The Hall–Kier alpha value is -1.75. The molecular weight excluding hydrogens is 232 g/mol. The zero-order valence-electron chi connectivity index (χ0n) is 8.83. The number of carbonyl (C=O) groups is 2. The van der Waals surface area contributed by atoms with Gasteiger partial charge in [-0.2, -0.15) is 0 Å². The van der Waals surface area contributed by atoms with Crippen molar-refractivity contribution in [1.82, 2.24) is 0 Å². The van der Waals surface area contributed by atoms with E-state index in [4.69, 9.17) is 22.1 Å². The highest BCUT2D eigenvalue weighted by molar-refractivity contribution is 6.39. The van der Waals surface area contributed by atoms with Gasteiger partial charge < -0.3 is 15.8 Å². The number of hydrogen-bond acceptors (Lipinski definition) is 3. The molecule has 1 aromatic carbocycles. The van der Waals surface area contributed by atoms with Crippen LogP contribution in [-0.4, -0.2) is 18.9 Å². The fourth-order valence-electron chi connectivity index (χ4n) is 1.11. The average Bonchev–Trinajstić information content (AvgIpc) is 2.22. The molecule has 3 N–H and O–H groups in total. The second-order valence-electron chi connectivity index (χ2n) is 3.12. The fraction of sp³-hybridized carbons (Fsp3) is 0.200. The molecule has 5 nitrogen and oxygen atoms in total. The van der Waals surface area contributed by atoms with E-state index in [-0.39, 0.29) is 0 Å². The molecule has 0 aliphatic heterocycles. The minimum atomic E-state index is -1.07. The van der Waals surface area contributed by atoms with Crippen LogP contribution in [0.4, 0.5) is 5.69 Å². The van der Waals surface area contributed by atoms with Gasteiger partial charge in [0.05, 0.1) is 12.8 Å². The topological polar surface area (TPSA) is 81.4 Å². The molecule has 0 unspecified atom stereocenters. The van der Waals surface area contributed by atoms with Crippen LogP contribution in [0.5, 0.6) is 5.75 Å². The third-order valence-corrected chi connectivity index (χ3v) is 2.36. The van der Waals surface area contributed by atoms with Crippen LogP contribution in [0.1, 0.15) is 5.56 Å². The number of hydrogen-bond donors (Lipinski definition) is 2. The molecule has 1 rings (SSSR count). The summed E-state index contributed by atoms with van der Waals surface area (Å²) in [6.07, 6.45) is 0. The number of amides is 2. The lowest BCUT2D eigenvalue weighted by molar-refractivity contribution is -0.134. The largest absolute Gasteiger partial charge is 0.495 e. The van der Waals surface area contributed by atoms with Gasteiger partial charge >= 0.3 is 11.8 Å². The summed E-state index contributed by atoms with van der Waals surface area (Å²) < 4.78 is 5.04. The predicted octanol–water partition coefficient (Wildman–Crippen LogP) is 1.08. The number of ether oxygens (including phenoxy) is 1. The van der Waals surface area contributed by atoms with Crippen molar-refractivity contribution in [2.75, 3.05) is 12.4 Å². The first-order valence-corrected chi connectivity index (χ1v) is 4.78. The van der Waals surface area contributed by atoms with Crippen LogP contribution < -0.4 is 15.8 Å². The number of rotatable bonds is 2. The molecule has 0 heterocycles. The molecule has 16 heavy (non-hydrogen) atoms. The van der Waals surface area contributed by atoms with Gasteiger partial charge in [-0.05, 0) is 24.6 Å². The molecule has 0 saturated heterocycles. The molecule has 0 radical (unpaired) electrons. The summed E-state index contributed by atoms with van der Waals surface area (Å²) in [5.41, 5.74) is 5.93. The van der Waals surface area contributed by atoms with Gasteiger partial charge in [0.1, 0.15) is 5.75 Å². The lowest BCUT2D eigenvalue weighted by Gasteiger charge is -2.10. The first-order valence-electron chi connectivity index (χ1n) is 4.40. The van der Waals surface area contributed by atoms with E-state index >= 15 is 0 Å². The summed E-state index contributed by atoms with van der Waals surface area (Å²) in [7, 11) is 1.45. The van der Waals surface area contributed by atoms with Gasteiger partial charge in [-0.3, -0.25) is 9.59 Å². The molecule has 0 atom stereocenters. The Bertz CT molecular complexity index is 446. The molecule has 0 bridgehead atoms. The second kappa shape index (κ2) is 4.85. The molecule has 0 saturated carbocycles. The van der Waals surface area contributed by atoms with Crippen LogP contribution in [0, 0.1) is 6.92 Å². The predicted molar refractivity (Wildman–Crippen MR) is 60.6 cm³/mol. The highest BCUT2D eigenvalue weighted by Gasteiger charge is 2.13. The molecule has 86 valence electrons. The zero-order valence-corrected chi connectivity index (χ0v) is 9.59. The first-order chi connectivity index (χ1) is 7.45. The summed E-state index contributed by atoms with van der Waals surface area (Å²) >= 11 is 5.88. The third kappa shape index (κ3) is 2.64. The monoisotopic (exact) mass is 242 g/mol. The van der Waals surface area contributed by atoms with Crippen LogP contribution >= 0.6 is 11.6 Å². The van der Waals surface area contributed by atoms with E-state index in [1.807, 2.05) is 0 Å². The average molecular weight is 243 g/mol. The Morgan fingerprint density at radius 3 is 2.56 bits per heavy atom. The Balaban J connectivity index is 3.08. The van der Waals surface area contributed by atoms with Crippen LogP contribution in [0.15, 0.2) is 12.1 Å². The normalized spacial score (nSPS) is 9.69. The maximum atomic E-state index is 11.1. The van der Waals surface area contributed by atoms with E-state index in [0.717, 1.165) is 5.56 Å². The van der Waals surface area contributed by atoms with Gasteiger partial charge in [0.15, 0.2) is 0 Å². The van der Waals surface area contributed by atoms with Gasteiger partial charge in [0.2, 0.25) is 0 Å². The van der Waals surface area contributed by atoms with Gasteiger partial charge in [-0.15, -0.1) is 0 Å². The lowest BCUT2D eigenvalue weighted by Crippen LogP contribution is -2.29. The van der Waals surface area contributed by atoms with E-state index in [1.165, 1.54) is 13.2 Å². The van der Waals surface area contributed by atoms with Crippen molar-refractivity contribution in [3.05, 3.63) is 22.7 Å². The zero-order chi connectivity index (χ0) is 12.3. The van der Waals surface area contributed by atoms with E-state index < -0.39 is 11.8 Å². The summed E-state index contributed by atoms with van der Waals surface area (Å²) in [6, 6.07) is 3.15. The van der Waals surface area contributed by atoms with Crippen molar-refractivity contribution in [2.24, 2.45) is 5.73 Å². The van der Waals surface area contributed by atoms with Crippen molar-refractivity contribution in [2.45, 2.75) is 6.92 Å². The van der Waals surface area contributed by atoms with Crippen LogP contribution in [-0.2, 0) is 9.59 Å². The van der Waals surface area contributed by atoms with E-state index in [1.54, 1.807) is 13.0 Å². The Morgan fingerprint density at radius 1 is 1.44 bits per heavy atom. The number of carbonyl (C=O) groups excluding carboxylic acids is 2. The van der Waals surface area contributed by atoms with Gasteiger partial charge in [-0.25, -0.2) is 0 Å². The molecular formula is C10H11ClN2O3. The summed E-state index contributed by atoms with van der Waals surface area (Å²) in [4.78, 5) is 21.7.